The molecule has 2 rings (SSSR count). The maximum atomic E-state index is 12.3. The Morgan fingerprint density at radius 2 is 1.76 bits per heavy atom. The normalized spacial score (nSPS) is 12.7. The molecule has 1 aromatic heterocycles. The predicted octanol–water partition coefficient (Wildman–Crippen LogP) is 5.01. The summed E-state index contributed by atoms with van der Waals surface area (Å²) >= 11 is 0. The maximum Gasteiger partial charge on any atom is 0.418 e. The van der Waals surface area contributed by atoms with Gasteiger partial charge in [-0.15, -0.1) is 0 Å². The Hall–Kier alpha value is -1.77. The molecule has 21 heavy (non-hydrogen) atoms. The van der Waals surface area contributed by atoms with Crippen LogP contribution < -0.4 is 0 Å². The van der Waals surface area contributed by atoms with E-state index < -0.39 is 5.60 Å². The van der Waals surface area contributed by atoms with E-state index in [1.807, 2.05) is 39.0 Å². The highest BCUT2D eigenvalue weighted by Crippen LogP contribution is 2.27. The zero-order valence-corrected chi connectivity index (χ0v) is 13.9. The van der Waals surface area contributed by atoms with Crippen LogP contribution in [0.15, 0.2) is 30.5 Å². The fraction of sp³-hybridized carbons (Fsp3) is 0.500. The Labute approximate surface area is 126 Å². The van der Waals surface area contributed by atoms with Crippen molar-refractivity contribution in [1.82, 2.24) is 4.57 Å². The molecule has 0 amide bonds. The average Bonchev–Trinajstić information content (AvgIpc) is 2.69. The second-order valence-electron chi connectivity index (χ2n) is 7.75. The number of ether oxygens (including phenoxy) is 1. The van der Waals surface area contributed by atoms with E-state index in [0.29, 0.717) is 0 Å². The van der Waals surface area contributed by atoms with E-state index in [-0.39, 0.29) is 11.5 Å². The average molecular weight is 287 g/mol. The van der Waals surface area contributed by atoms with Crippen molar-refractivity contribution < 1.29 is 9.53 Å². The molecule has 0 aliphatic rings. The minimum absolute atomic E-state index is 0.211. The lowest BCUT2D eigenvalue weighted by molar-refractivity contribution is 0.0544. The lowest BCUT2D eigenvalue weighted by atomic mass is 9.87. The first-order chi connectivity index (χ1) is 9.57. The molecule has 0 aliphatic heterocycles. The number of hydrogen-bond donors (Lipinski definition) is 0. The summed E-state index contributed by atoms with van der Waals surface area (Å²) in [5.74, 6) is 0. The summed E-state index contributed by atoms with van der Waals surface area (Å²) in [6.07, 6.45) is 2.44. The second kappa shape index (κ2) is 5.21. The van der Waals surface area contributed by atoms with Gasteiger partial charge in [-0.2, -0.15) is 0 Å². The van der Waals surface area contributed by atoms with Crippen LogP contribution >= 0.6 is 0 Å². The van der Waals surface area contributed by atoms with Crippen molar-refractivity contribution in [3.63, 3.8) is 0 Å². The van der Waals surface area contributed by atoms with E-state index in [0.717, 1.165) is 17.3 Å². The number of hydrogen-bond acceptors (Lipinski definition) is 2. The van der Waals surface area contributed by atoms with Crippen LogP contribution in [0, 0.1) is 5.41 Å². The van der Waals surface area contributed by atoms with E-state index in [4.69, 9.17) is 4.74 Å². The fourth-order valence-electron chi connectivity index (χ4n) is 2.43. The first-order valence-corrected chi connectivity index (χ1v) is 7.39. The molecule has 0 unspecified atom stereocenters. The van der Waals surface area contributed by atoms with E-state index >= 15 is 0 Å². The molecule has 1 aromatic carbocycles. The SMILES string of the molecule is CC(C)(C)Cc1cccc2c1ccn2C(=O)OC(C)(C)C. The first-order valence-electron chi connectivity index (χ1n) is 7.39. The van der Waals surface area contributed by atoms with Gasteiger partial charge in [0.05, 0.1) is 5.52 Å². The van der Waals surface area contributed by atoms with Crippen LogP contribution in [0.2, 0.25) is 0 Å². The molecule has 0 spiro atoms. The molecule has 1 heterocycles. The Kier molecular flexibility index (Phi) is 3.87. The van der Waals surface area contributed by atoms with Gasteiger partial charge in [-0.3, -0.25) is 4.57 Å². The third-order valence-corrected chi connectivity index (χ3v) is 3.13. The van der Waals surface area contributed by atoms with Gasteiger partial charge in [-0.25, -0.2) is 4.79 Å². The summed E-state index contributed by atoms with van der Waals surface area (Å²) < 4.78 is 7.05. The van der Waals surface area contributed by atoms with E-state index in [9.17, 15) is 4.79 Å². The van der Waals surface area contributed by atoms with Crippen LogP contribution in [0.3, 0.4) is 0 Å². The number of rotatable bonds is 1. The van der Waals surface area contributed by atoms with Gasteiger partial charge in [0.15, 0.2) is 0 Å². The maximum absolute atomic E-state index is 12.3. The standard InChI is InChI=1S/C18H25NO2/c1-17(2,3)12-13-8-7-9-15-14(13)10-11-19(15)16(20)21-18(4,5)6/h7-11H,12H2,1-6H3. The lowest BCUT2D eigenvalue weighted by Crippen LogP contribution is -2.26. The molecule has 2 aromatic rings. The van der Waals surface area contributed by atoms with Crippen molar-refractivity contribution >= 4 is 17.0 Å². The monoisotopic (exact) mass is 287 g/mol. The van der Waals surface area contributed by atoms with Crippen LogP contribution in [0.1, 0.15) is 47.1 Å². The quantitative estimate of drug-likeness (QED) is 0.738. The highest BCUT2D eigenvalue weighted by molar-refractivity contribution is 5.91. The molecular weight excluding hydrogens is 262 g/mol. The first kappa shape index (κ1) is 15.6. The van der Waals surface area contributed by atoms with Gasteiger partial charge >= 0.3 is 6.09 Å². The Balaban J connectivity index is 2.41. The van der Waals surface area contributed by atoms with Crippen LogP contribution in [-0.4, -0.2) is 16.3 Å². The van der Waals surface area contributed by atoms with E-state index in [2.05, 4.69) is 26.8 Å². The van der Waals surface area contributed by atoms with Crippen LogP contribution in [0.25, 0.3) is 10.9 Å². The van der Waals surface area contributed by atoms with Crippen LogP contribution in [-0.2, 0) is 11.2 Å². The zero-order chi connectivity index (χ0) is 15.8. The fourth-order valence-corrected chi connectivity index (χ4v) is 2.43. The highest BCUT2D eigenvalue weighted by atomic mass is 16.6. The summed E-state index contributed by atoms with van der Waals surface area (Å²) in [6.45, 7) is 12.3. The van der Waals surface area contributed by atoms with Crippen molar-refractivity contribution in [3.8, 4) is 0 Å². The van der Waals surface area contributed by atoms with Crippen molar-refractivity contribution in [3.05, 3.63) is 36.0 Å². The number of carbonyl (C=O) groups is 1. The number of fused-ring (bicyclic) bond motifs is 1. The predicted molar refractivity (Wildman–Crippen MR) is 86.7 cm³/mol. The molecule has 0 saturated heterocycles. The van der Waals surface area contributed by atoms with Crippen molar-refractivity contribution in [1.29, 1.82) is 0 Å². The number of benzene rings is 1. The third kappa shape index (κ3) is 3.87. The van der Waals surface area contributed by atoms with Gasteiger partial charge in [0.25, 0.3) is 0 Å². The molecule has 0 N–H and O–H groups in total. The van der Waals surface area contributed by atoms with E-state index in [1.165, 1.54) is 5.56 Å². The largest absolute Gasteiger partial charge is 0.443 e. The molecule has 3 heteroatoms. The molecule has 3 nitrogen and oxygen atoms in total. The Bertz CT molecular complexity index is 654. The molecule has 0 aliphatic carbocycles. The van der Waals surface area contributed by atoms with Gasteiger partial charge in [0.1, 0.15) is 5.60 Å². The van der Waals surface area contributed by atoms with Crippen LogP contribution in [0.5, 0.6) is 0 Å². The highest BCUT2D eigenvalue weighted by Gasteiger charge is 2.20. The second-order valence-corrected chi connectivity index (χ2v) is 7.75. The molecule has 0 atom stereocenters. The summed E-state index contributed by atoms with van der Waals surface area (Å²) in [5.41, 5.74) is 1.90. The van der Waals surface area contributed by atoms with Gasteiger partial charge in [0, 0.05) is 11.6 Å². The van der Waals surface area contributed by atoms with Crippen LogP contribution in [0.4, 0.5) is 4.79 Å². The molecule has 0 bridgehead atoms. The van der Waals surface area contributed by atoms with Gasteiger partial charge in [-0.05, 0) is 50.3 Å². The summed E-state index contributed by atoms with van der Waals surface area (Å²) in [6, 6.07) is 8.10. The summed E-state index contributed by atoms with van der Waals surface area (Å²) in [7, 11) is 0. The van der Waals surface area contributed by atoms with Crippen molar-refractivity contribution in [2.45, 2.75) is 53.6 Å². The van der Waals surface area contributed by atoms with Gasteiger partial charge in [-0.1, -0.05) is 32.9 Å². The van der Waals surface area contributed by atoms with Crippen molar-refractivity contribution in [2.75, 3.05) is 0 Å². The third-order valence-electron chi connectivity index (χ3n) is 3.13. The van der Waals surface area contributed by atoms with E-state index in [1.54, 1.807) is 10.8 Å². The smallest absolute Gasteiger partial charge is 0.418 e. The number of nitrogens with zero attached hydrogens (tertiary/aromatic N) is 1. The van der Waals surface area contributed by atoms with Gasteiger partial charge in [0.2, 0.25) is 0 Å². The lowest BCUT2D eigenvalue weighted by Gasteiger charge is -2.20. The van der Waals surface area contributed by atoms with Crippen molar-refractivity contribution in [2.24, 2.45) is 5.41 Å². The zero-order valence-electron chi connectivity index (χ0n) is 13.9. The minimum Gasteiger partial charge on any atom is -0.443 e. The Morgan fingerprint density at radius 3 is 2.33 bits per heavy atom. The minimum atomic E-state index is -0.489. The number of carbonyl (C=O) groups excluding carboxylic acids is 1. The molecule has 114 valence electrons. The molecule has 0 radical (unpaired) electrons. The molecule has 0 saturated carbocycles. The summed E-state index contributed by atoms with van der Waals surface area (Å²) in [4.78, 5) is 12.3. The topological polar surface area (TPSA) is 31.2 Å². The number of aromatic nitrogens is 1. The molecule has 0 fully saturated rings. The molecular formula is C18H25NO2. The Morgan fingerprint density at radius 1 is 1.10 bits per heavy atom. The summed E-state index contributed by atoms with van der Waals surface area (Å²) in [5, 5.41) is 1.12. The van der Waals surface area contributed by atoms with Gasteiger partial charge < -0.3 is 4.74 Å².